The topological polar surface area (TPSA) is 165 Å². The van der Waals surface area contributed by atoms with Crippen LogP contribution in [0.1, 0.15) is 98.8 Å². The molecule has 0 bridgehead atoms. The van der Waals surface area contributed by atoms with Gasteiger partial charge in [0, 0.05) is 25.4 Å². The number of nitrogens with one attached hydrogen (secondary N) is 3. The Morgan fingerprint density at radius 1 is 0.981 bits per heavy atom. The van der Waals surface area contributed by atoms with Crippen molar-refractivity contribution in [1.82, 2.24) is 15.5 Å². The molecule has 1 aromatic rings. The van der Waals surface area contributed by atoms with Crippen molar-refractivity contribution in [2.24, 2.45) is 5.92 Å². The van der Waals surface area contributed by atoms with Gasteiger partial charge in [-0.1, -0.05) is 37.1 Å². The summed E-state index contributed by atoms with van der Waals surface area (Å²) in [4.78, 5) is 58.8. The smallest absolute Gasteiger partial charge is 0.412 e. The Kier molecular flexibility index (Phi) is 13.5. The number of allylic oxidation sites excluding steroid dienone is 1. The fourth-order valence-electron chi connectivity index (χ4n) is 7.55. The Hall–Kier alpha value is -3.61. The number of carbonyl (C=O) groups is 4. The number of alkyl carbamates (subject to hydrolysis) is 1. The first-order chi connectivity index (χ1) is 25.3. The Bertz CT molecular complexity index is 1530. The van der Waals surface area contributed by atoms with Crippen molar-refractivity contribution in [2.45, 2.75) is 128 Å². The van der Waals surface area contributed by atoms with E-state index < -0.39 is 60.7 Å². The van der Waals surface area contributed by atoms with Crippen molar-refractivity contribution in [3.8, 4) is 0 Å². The maximum absolute atomic E-state index is 14.4. The van der Waals surface area contributed by atoms with E-state index in [1.807, 2.05) is 36.4 Å². The first-order valence-corrected chi connectivity index (χ1v) is 20.8. The van der Waals surface area contributed by atoms with Gasteiger partial charge in [-0.25, -0.2) is 9.59 Å². The Morgan fingerprint density at radius 2 is 1.68 bits per heavy atom. The zero-order valence-corrected chi connectivity index (χ0v) is 32.8. The molecule has 1 aliphatic carbocycles. The molecule has 2 saturated heterocycles. The molecule has 4 amide bonds. The van der Waals surface area contributed by atoms with Crippen LogP contribution in [0.5, 0.6) is 0 Å². The predicted octanol–water partition coefficient (Wildman–Crippen LogP) is 6.71. The molecular weight excluding hydrogens is 701 g/mol. The van der Waals surface area contributed by atoms with E-state index in [9.17, 15) is 23.7 Å². The van der Waals surface area contributed by atoms with E-state index in [1.54, 1.807) is 34.6 Å². The summed E-state index contributed by atoms with van der Waals surface area (Å²) >= 11 is 0. The van der Waals surface area contributed by atoms with E-state index in [-0.39, 0.29) is 32.1 Å². The number of benzene rings is 1. The molecule has 15 heteroatoms. The molecule has 3 heterocycles. The van der Waals surface area contributed by atoms with Crippen molar-refractivity contribution in [3.63, 3.8) is 0 Å². The van der Waals surface area contributed by atoms with Crippen LogP contribution < -0.4 is 20.9 Å². The summed E-state index contributed by atoms with van der Waals surface area (Å²) in [5.41, 5.74) is 0.721. The molecule has 5 atom stereocenters. The average Bonchev–Trinajstić information content (AvgIpc) is 3.65. The van der Waals surface area contributed by atoms with Crippen LogP contribution in [0.4, 0.5) is 21.0 Å². The van der Waals surface area contributed by atoms with Crippen LogP contribution in [-0.2, 0) is 32.7 Å². The van der Waals surface area contributed by atoms with Gasteiger partial charge in [-0.15, -0.1) is 0 Å². The zero-order valence-electron chi connectivity index (χ0n) is 31.9. The predicted molar refractivity (Wildman–Crippen MR) is 202 cm³/mol. The summed E-state index contributed by atoms with van der Waals surface area (Å²) in [7, 11) is -3.86. The summed E-state index contributed by atoms with van der Waals surface area (Å²) in [5.74, 6) is -1.36. The molecule has 14 nitrogen and oxygen atoms in total. The van der Waals surface area contributed by atoms with Crippen molar-refractivity contribution in [1.29, 1.82) is 0 Å². The maximum atomic E-state index is 14.4. The summed E-state index contributed by atoms with van der Waals surface area (Å²) in [6.45, 7) is 10.6. The van der Waals surface area contributed by atoms with E-state index in [0.29, 0.717) is 24.9 Å². The lowest BCUT2D eigenvalue weighted by molar-refractivity contribution is -0.140. The highest BCUT2D eigenvalue weighted by Gasteiger charge is 2.68. The molecule has 3 aliphatic heterocycles. The Labute approximate surface area is 313 Å². The molecule has 0 radical (unpaired) electrons. The van der Waals surface area contributed by atoms with E-state index in [1.165, 1.54) is 11.3 Å². The van der Waals surface area contributed by atoms with Gasteiger partial charge in [0.1, 0.15) is 29.1 Å². The number of nitrogens with zero attached hydrogens (tertiary/aromatic N) is 2. The van der Waals surface area contributed by atoms with E-state index in [4.69, 9.17) is 18.5 Å². The highest BCUT2D eigenvalue weighted by Crippen LogP contribution is 2.73. The molecule has 3 N–H and O–H groups in total. The Balaban J connectivity index is 1.42. The zero-order chi connectivity index (χ0) is 38.2. The number of carbonyl (C=O) groups excluding carboxylic acids is 4. The molecule has 0 spiro atoms. The largest absolute Gasteiger partial charge is 0.444 e. The van der Waals surface area contributed by atoms with Gasteiger partial charge < -0.3 is 39.0 Å². The number of amides is 4. The number of ether oxygens (including phenoxy) is 2. The molecule has 294 valence electrons. The first kappa shape index (κ1) is 40.6. The minimum atomic E-state index is -3.86. The lowest BCUT2D eigenvalue weighted by Gasteiger charge is -2.32. The van der Waals surface area contributed by atoms with Crippen LogP contribution in [-0.4, -0.2) is 90.8 Å². The minimum absolute atomic E-state index is 0.0118. The molecule has 0 aromatic heterocycles. The second kappa shape index (κ2) is 17.7. The van der Waals surface area contributed by atoms with Crippen LogP contribution in [0, 0.1) is 5.92 Å². The van der Waals surface area contributed by atoms with Crippen LogP contribution in [0.25, 0.3) is 0 Å². The lowest BCUT2D eigenvalue weighted by Crippen LogP contribution is -2.55. The summed E-state index contributed by atoms with van der Waals surface area (Å²) < 4.78 is 37.3. The summed E-state index contributed by atoms with van der Waals surface area (Å²) in [6, 6.07) is 5.46. The van der Waals surface area contributed by atoms with Gasteiger partial charge in [-0.2, -0.15) is 0 Å². The standard InChI is InChI=1S/C38H58N5O9P/c1-6-49-53(48,50-7-2)38-25-27(38)18-12-9-8-10-13-20-30(40-36(47)52-37(3,4)5)34(45)43-26-28(24-32(43)33(44)41-38)51-35(46)39-29-19-14-15-21-31(29)42-22-16-11-17-23-42/h12,14-15,18-19,21,27-28,30,32H,6-11,13,16-17,20,22-26H2,1-5H3,(H,39,46)(H,40,47)(H,41,44)/b18-12-/t27-,28+,30-,32-,38-/m0/s1. The van der Waals surface area contributed by atoms with Crippen LogP contribution in [0.2, 0.25) is 0 Å². The third kappa shape index (κ3) is 10.1. The lowest BCUT2D eigenvalue weighted by atomic mass is 10.0. The Morgan fingerprint density at radius 3 is 2.38 bits per heavy atom. The number of fused-ring (bicyclic) bond motifs is 2. The van der Waals surface area contributed by atoms with Crippen LogP contribution in [0.15, 0.2) is 36.4 Å². The third-order valence-corrected chi connectivity index (χ3v) is 12.9. The maximum Gasteiger partial charge on any atom is 0.412 e. The number of hydrogen-bond acceptors (Lipinski definition) is 10. The molecule has 53 heavy (non-hydrogen) atoms. The monoisotopic (exact) mass is 759 g/mol. The first-order valence-electron chi connectivity index (χ1n) is 19.3. The highest BCUT2D eigenvalue weighted by atomic mass is 31.2. The van der Waals surface area contributed by atoms with E-state index >= 15 is 0 Å². The molecule has 1 saturated carbocycles. The highest BCUT2D eigenvalue weighted by molar-refractivity contribution is 7.56. The van der Waals surface area contributed by atoms with Gasteiger partial charge in [-0.3, -0.25) is 19.5 Å². The molecule has 5 rings (SSSR count). The summed E-state index contributed by atoms with van der Waals surface area (Å²) in [6.07, 6.45) is 8.67. The summed E-state index contributed by atoms with van der Waals surface area (Å²) in [5, 5.41) is 7.33. The van der Waals surface area contributed by atoms with Crippen LogP contribution in [0.3, 0.4) is 0 Å². The molecule has 1 aromatic carbocycles. The quantitative estimate of drug-likeness (QED) is 0.182. The second-order valence-electron chi connectivity index (χ2n) is 15.3. The molecular formula is C38H58N5O9P. The van der Waals surface area contributed by atoms with E-state index in [2.05, 4.69) is 20.9 Å². The van der Waals surface area contributed by atoms with Gasteiger partial charge in [0.15, 0.2) is 0 Å². The molecule has 3 fully saturated rings. The van der Waals surface area contributed by atoms with Gasteiger partial charge in [0.2, 0.25) is 11.8 Å². The number of rotatable bonds is 9. The van der Waals surface area contributed by atoms with Gasteiger partial charge in [0.25, 0.3) is 0 Å². The van der Waals surface area contributed by atoms with Gasteiger partial charge in [-0.05, 0) is 91.7 Å². The van der Waals surface area contributed by atoms with Gasteiger partial charge >= 0.3 is 19.8 Å². The fraction of sp³-hybridized carbons (Fsp3) is 0.684. The minimum Gasteiger partial charge on any atom is -0.444 e. The van der Waals surface area contributed by atoms with E-state index in [0.717, 1.165) is 50.9 Å². The number of piperidine rings is 1. The van der Waals surface area contributed by atoms with Crippen molar-refractivity contribution in [3.05, 3.63) is 36.4 Å². The van der Waals surface area contributed by atoms with Crippen molar-refractivity contribution >= 4 is 43.0 Å². The van der Waals surface area contributed by atoms with Gasteiger partial charge in [0.05, 0.1) is 31.1 Å². The second-order valence-corrected chi connectivity index (χ2v) is 17.6. The SMILES string of the molecule is CCOP(=O)(OCC)[C@@]12C[C@@H]1/C=C\CCCCC[C@H](NC(=O)OC(C)(C)C)C(=O)N1C[C@H](OC(=O)Nc3ccccc3N3CCCCC3)C[C@H]1C(=O)N2. The number of para-hydroxylation sites is 2. The fourth-order valence-corrected chi connectivity index (χ4v) is 9.92. The third-order valence-electron chi connectivity index (χ3n) is 10.1. The number of hydrogen-bond donors (Lipinski definition) is 3. The molecule has 0 unspecified atom stereocenters. The molecule has 4 aliphatic rings. The van der Waals surface area contributed by atoms with Crippen molar-refractivity contribution in [2.75, 3.05) is 43.1 Å². The van der Waals surface area contributed by atoms with Crippen LogP contribution >= 0.6 is 7.60 Å². The number of anilines is 2. The average molecular weight is 760 g/mol. The normalized spacial score (nSPS) is 27.6. The van der Waals surface area contributed by atoms with Crippen molar-refractivity contribution < 1.29 is 42.3 Å².